The summed E-state index contributed by atoms with van der Waals surface area (Å²) in [4.78, 5) is 12.7. The highest BCUT2D eigenvalue weighted by atomic mass is 16.7. The van der Waals surface area contributed by atoms with Gasteiger partial charge >= 0.3 is 0 Å². The van der Waals surface area contributed by atoms with Crippen molar-refractivity contribution in [2.24, 2.45) is 0 Å². The molecule has 2 aromatic rings. The van der Waals surface area contributed by atoms with Crippen molar-refractivity contribution in [1.29, 1.82) is 0 Å². The molecule has 25 heavy (non-hydrogen) atoms. The predicted molar refractivity (Wildman–Crippen MR) is 93.4 cm³/mol. The molecule has 2 aromatic carbocycles. The molecule has 0 spiro atoms. The van der Waals surface area contributed by atoms with Gasteiger partial charge in [-0.15, -0.1) is 0 Å². The summed E-state index contributed by atoms with van der Waals surface area (Å²) >= 11 is 0. The highest BCUT2D eigenvalue weighted by molar-refractivity contribution is 6.02. The van der Waals surface area contributed by atoms with E-state index in [9.17, 15) is 4.79 Å². The number of ketones is 1. The maximum atomic E-state index is 12.7. The lowest BCUT2D eigenvalue weighted by Gasteiger charge is -2.27. The number of para-hydroxylation sites is 1. The molecule has 130 valence electrons. The van der Waals surface area contributed by atoms with Crippen LogP contribution in [0.4, 0.5) is 0 Å². The van der Waals surface area contributed by atoms with Gasteiger partial charge in [-0.2, -0.15) is 0 Å². The van der Waals surface area contributed by atoms with Gasteiger partial charge in [0, 0.05) is 12.7 Å². The minimum atomic E-state index is -0.414. The molecule has 0 saturated carbocycles. The van der Waals surface area contributed by atoms with Crippen LogP contribution in [0.25, 0.3) is 0 Å². The number of fused-ring (bicyclic) bond motifs is 1. The van der Waals surface area contributed by atoms with Crippen LogP contribution in [-0.4, -0.2) is 26.3 Å². The second kappa shape index (κ2) is 7.85. The van der Waals surface area contributed by atoms with Gasteiger partial charge in [-0.05, 0) is 18.2 Å². The second-order valence-corrected chi connectivity index (χ2v) is 5.55. The average molecular weight is 340 g/mol. The molecule has 0 radical (unpaired) electrons. The summed E-state index contributed by atoms with van der Waals surface area (Å²) in [5.41, 5.74) is 1.30. The fourth-order valence-electron chi connectivity index (χ4n) is 2.79. The summed E-state index contributed by atoms with van der Waals surface area (Å²) < 4.78 is 22.2. The van der Waals surface area contributed by atoms with E-state index in [4.69, 9.17) is 18.9 Å². The minimum Gasteiger partial charge on any atom is -0.489 e. The van der Waals surface area contributed by atoms with Crippen LogP contribution in [0.15, 0.2) is 55.1 Å². The monoisotopic (exact) mass is 340 g/mol. The highest BCUT2D eigenvalue weighted by Crippen LogP contribution is 2.41. The quantitative estimate of drug-likeness (QED) is 0.564. The van der Waals surface area contributed by atoms with E-state index in [-0.39, 0.29) is 19.0 Å². The lowest BCUT2D eigenvalue weighted by molar-refractivity contribution is 0.0479. The SMILES string of the molecule is C=CCOc1cccc2c1C(=O)CC(c1ccccc1OCOC)O2. The molecule has 0 aromatic heterocycles. The van der Waals surface area contributed by atoms with Gasteiger partial charge in [0.2, 0.25) is 0 Å². The fourth-order valence-corrected chi connectivity index (χ4v) is 2.79. The third-order valence-corrected chi connectivity index (χ3v) is 3.86. The van der Waals surface area contributed by atoms with E-state index in [0.29, 0.717) is 29.4 Å². The maximum Gasteiger partial charge on any atom is 0.188 e. The Bertz CT molecular complexity index is 768. The molecule has 5 nitrogen and oxygen atoms in total. The number of methoxy groups -OCH3 is 1. The molecule has 1 heterocycles. The van der Waals surface area contributed by atoms with E-state index >= 15 is 0 Å². The zero-order chi connectivity index (χ0) is 17.6. The number of ether oxygens (including phenoxy) is 4. The molecule has 0 bridgehead atoms. The number of rotatable bonds is 7. The summed E-state index contributed by atoms with van der Waals surface area (Å²) in [7, 11) is 1.56. The normalized spacial score (nSPS) is 15.9. The molecule has 1 unspecified atom stereocenters. The van der Waals surface area contributed by atoms with Crippen molar-refractivity contribution in [2.45, 2.75) is 12.5 Å². The molecular weight excluding hydrogens is 320 g/mol. The lowest BCUT2D eigenvalue weighted by atomic mass is 9.95. The van der Waals surface area contributed by atoms with Crippen molar-refractivity contribution in [3.63, 3.8) is 0 Å². The Labute approximate surface area is 146 Å². The Morgan fingerprint density at radius 1 is 1.16 bits per heavy atom. The van der Waals surface area contributed by atoms with E-state index < -0.39 is 6.10 Å². The predicted octanol–water partition coefficient (Wildman–Crippen LogP) is 3.94. The summed E-state index contributed by atoms with van der Waals surface area (Å²) in [5.74, 6) is 1.66. The van der Waals surface area contributed by atoms with E-state index in [1.807, 2.05) is 24.3 Å². The maximum absolute atomic E-state index is 12.7. The highest BCUT2D eigenvalue weighted by Gasteiger charge is 2.31. The first-order chi connectivity index (χ1) is 12.2. The summed E-state index contributed by atoms with van der Waals surface area (Å²) in [6.07, 6.45) is 1.44. The topological polar surface area (TPSA) is 54.0 Å². The molecule has 1 aliphatic rings. The molecule has 5 heteroatoms. The minimum absolute atomic E-state index is 0.0209. The number of hydrogen-bond donors (Lipinski definition) is 0. The van der Waals surface area contributed by atoms with Crippen LogP contribution in [0.5, 0.6) is 17.2 Å². The van der Waals surface area contributed by atoms with Gasteiger partial charge in [0.05, 0.1) is 6.42 Å². The van der Waals surface area contributed by atoms with Gasteiger partial charge in [-0.1, -0.05) is 36.9 Å². The van der Waals surface area contributed by atoms with Crippen LogP contribution < -0.4 is 14.2 Å². The number of carbonyl (C=O) groups is 1. The van der Waals surface area contributed by atoms with Crippen LogP contribution in [0, 0.1) is 0 Å². The number of hydrogen-bond acceptors (Lipinski definition) is 5. The number of Topliss-reactive ketones (excluding diaryl/α,β-unsaturated/α-hetero) is 1. The number of benzene rings is 2. The summed E-state index contributed by atoms with van der Waals surface area (Å²) in [6, 6.07) is 12.8. The van der Waals surface area contributed by atoms with Crippen LogP contribution in [-0.2, 0) is 4.74 Å². The first kappa shape index (κ1) is 17.0. The fraction of sp³-hybridized carbons (Fsp3) is 0.250. The standard InChI is InChI=1S/C20H20O5/c1-3-11-23-17-9-6-10-18-20(17)15(21)12-19(25-18)14-7-4-5-8-16(14)24-13-22-2/h3-10,19H,1,11-13H2,2H3. The van der Waals surface area contributed by atoms with Gasteiger partial charge in [-0.25, -0.2) is 0 Å². The van der Waals surface area contributed by atoms with E-state index in [1.54, 1.807) is 31.4 Å². The Balaban J connectivity index is 1.90. The van der Waals surface area contributed by atoms with E-state index in [0.717, 1.165) is 5.56 Å². The first-order valence-corrected chi connectivity index (χ1v) is 8.01. The van der Waals surface area contributed by atoms with Crippen molar-refractivity contribution in [3.05, 3.63) is 66.2 Å². The molecule has 1 aliphatic heterocycles. The second-order valence-electron chi connectivity index (χ2n) is 5.55. The Kier molecular flexibility index (Phi) is 5.36. The van der Waals surface area contributed by atoms with Crippen LogP contribution in [0.1, 0.15) is 28.4 Å². The van der Waals surface area contributed by atoms with E-state index in [1.165, 1.54) is 0 Å². The first-order valence-electron chi connectivity index (χ1n) is 8.01. The molecule has 0 N–H and O–H groups in total. The molecule has 0 amide bonds. The van der Waals surface area contributed by atoms with Crippen molar-refractivity contribution in [1.82, 2.24) is 0 Å². The smallest absolute Gasteiger partial charge is 0.188 e. The molecule has 0 fully saturated rings. The third-order valence-electron chi connectivity index (χ3n) is 3.86. The third kappa shape index (κ3) is 3.67. The Morgan fingerprint density at radius 2 is 1.96 bits per heavy atom. The van der Waals surface area contributed by atoms with E-state index in [2.05, 4.69) is 6.58 Å². The molecule has 0 saturated heterocycles. The average Bonchev–Trinajstić information content (AvgIpc) is 2.64. The van der Waals surface area contributed by atoms with Gasteiger partial charge in [0.25, 0.3) is 0 Å². The zero-order valence-corrected chi connectivity index (χ0v) is 14.1. The largest absolute Gasteiger partial charge is 0.489 e. The van der Waals surface area contributed by atoms with Gasteiger partial charge < -0.3 is 18.9 Å². The molecule has 0 aliphatic carbocycles. The molecule has 3 rings (SSSR count). The Hall–Kier alpha value is -2.79. The summed E-state index contributed by atoms with van der Waals surface area (Å²) in [6.45, 7) is 4.09. The number of carbonyl (C=O) groups excluding carboxylic acids is 1. The van der Waals surface area contributed by atoms with Crippen LogP contribution >= 0.6 is 0 Å². The molecule has 1 atom stereocenters. The van der Waals surface area contributed by atoms with Crippen molar-refractivity contribution in [3.8, 4) is 17.2 Å². The summed E-state index contributed by atoms with van der Waals surface area (Å²) in [5, 5.41) is 0. The lowest BCUT2D eigenvalue weighted by Crippen LogP contribution is -2.22. The van der Waals surface area contributed by atoms with Crippen molar-refractivity contribution >= 4 is 5.78 Å². The van der Waals surface area contributed by atoms with Gasteiger partial charge in [-0.3, -0.25) is 4.79 Å². The van der Waals surface area contributed by atoms with Crippen LogP contribution in [0.3, 0.4) is 0 Å². The van der Waals surface area contributed by atoms with Gasteiger partial charge in [0.1, 0.15) is 35.5 Å². The van der Waals surface area contributed by atoms with Crippen LogP contribution in [0.2, 0.25) is 0 Å². The van der Waals surface area contributed by atoms with Crippen molar-refractivity contribution < 1.29 is 23.7 Å². The zero-order valence-electron chi connectivity index (χ0n) is 14.1. The molecular formula is C20H20O5. The Morgan fingerprint density at radius 3 is 2.76 bits per heavy atom. The van der Waals surface area contributed by atoms with Gasteiger partial charge in [0.15, 0.2) is 12.6 Å². The van der Waals surface area contributed by atoms with Crippen molar-refractivity contribution in [2.75, 3.05) is 20.5 Å².